The summed E-state index contributed by atoms with van der Waals surface area (Å²) in [4.78, 5) is 5.21. The first kappa shape index (κ1) is 11.3. The van der Waals surface area contributed by atoms with Crippen molar-refractivity contribution in [1.29, 1.82) is 0 Å². The summed E-state index contributed by atoms with van der Waals surface area (Å²) in [5.41, 5.74) is 0. The number of nitrogens with zero attached hydrogens (tertiary/aromatic N) is 2. The molecule has 0 atom stereocenters. The van der Waals surface area contributed by atoms with Crippen LogP contribution in [0.2, 0.25) is 5.02 Å². The lowest BCUT2D eigenvalue weighted by Crippen LogP contribution is -1.88. The fourth-order valence-corrected chi connectivity index (χ4v) is 2.17. The molecular formula is C10H10ClN3OS. The van der Waals surface area contributed by atoms with E-state index in [4.69, 9.17) is 16.1 Å². The summed E-state index contributed by atoms with van der Waals surface area (Å²) in [6.07, 6.45) is 0. The Hall–Kier alpha value is -1.20. The van der Waals surface area contributed by atoms with Crippen LogP contribution in [0.3, 0.4) is 0 Å². The van der Waals surface area contributed by atoms with Crippen LogP contribution >= 0.6 is 23.4 Å². The Morgan fingerprint density at radius 1 is 1.50 bits per heavy atom. The van der Waals surface area contributed by atoms with Crippen molar-refractivity contribution in [2.45, 2.75) is 10.6 Å². The largest absolute Gasteiger partial charge is 0.341 e. The van der Waals surface area contributed by atoms with Gasteiger partial charge in [0.15, 0.2) is 5.82 Å². The van der Waals surface area contributed by atoms with E-state index in [1.54, 1.807) is 18.8 Å². The Labute approximate surface area is 102 Å². The van der Waals surface area contributed by atoms with Gasteiger partial charge >= 0.3 is 6.01 Å². The summed E-state index contributed by atoms with van der Waals surface area (Å²) in [5.74, 6) is 1.32. The topological polar surface area (TPSA) is 51.0 Å². The van der Waals surface area contributed by atoms with Crippen molar-refractivity contribution in [2.24, 2.45) is 0 Å². The molecule has 0 amide bonds. The first-order valence-electron chi connectivity index (χ1n) is 4.66. The predicted molar refractivity (Wildman–Crippen MR) is 64.9 cm³/mol. The lowest BCUT2D eigenvalue weighted by atomic mass is 10.4. The summed E-state index contributed by atoms with van der Waals surface area (Å²) < 4.78 is 4.91. The number of halogens is 1. The van der Waals surface area contributed by atoms with Gasteiger partial charge in [-0.3, -0.25) is 0 Å². The average molecular weight is 256 g/mol. The van der Waals surface area contributed by atoms with Gasteiger partial charge in [0.25, 0.3) is 0 Å². The summed E-state index contributed by atoms with van der Waals surface area (Å²) in [5, 5.41) is 7.34. The van der Waals surface area contributed by atoms with Crippen LogP contribution in [0.4, 0.5) is 6.01 Å². The number of nitrogens with one attached hydrogen (secondary N) is 1. The highest BCUT2D eigenvalue weighted by molar-refractivity contribution is 7.98. The quantitative estimate of drug-likeness (QED) is 0.851. The van der Waals surface area contributed by atoms with Crippen LogP contribution in [0.1, 0.15) is 5.82 Å². The molecule has 1 aromatic heterocycles. The first-order chi connectivity index (χ1) is 7.78. The zero-order valence-electron chi connectivity index (χ0n) is 8.61. The van der Waals surface area contributed by atoms with Gasteiger partial charge in [0.05, 0.1) is 5.75 Å². The van der Waals surface area contributed by atoms with E-state index in [0.29, 0.717) is 17.6 Å². The maximum absolute atomic E-state index is 5.88. The Balaban J connectivity index is 1.96. The molecule has 0 aliphatic carbocycles. The molecule has 0 aliphatic heterocycles. The molecule has 6 heteroatoms. The van der Waals surface area contributed by atoms with Gasteiger partial charge in [0.1, 0.15) is 0 Å². The molecule has 0 radical (unpaired) electrons. The molecule has 4 nitrogen and oxygen atoms in total. The van der Waals surface area contributed by atoms with E-state index in [0.717, 1.165) is 9.92 Å². The number of rotatable bonds is 4. The average Bonchev–Trinajstić information content (AvgIpc) is 2.74. The normalized spacial score (nSPS) is 10.4. The van der Waals surface area contributed by atoms with E-state index >= 15 is 0 Å². The van der Waals surface area contributed by atoms with Crippen molar-refractivity contribution in [3.8, 4) is 0 Å². The zero-order valence-corrected chi connectivity index (χ0v) is 10.2. The zero-order chi connectivity index (χ0) is 11.4. The van der Waals surface area contributed by atoms with E-state index in [1.165, 1.54) is 0 Å². The molecule has 1 heterocycles. The van der Waals surface area contributed by atoms with Crippen molar-refractivity contribution in [3.05, 3.63) is 35.1 Å². The Morgan fingerprint density at radius 3 is 3.06 bits per heavy atom. The van der Waals surface area contributed by atoms with Gasteiger partial charge in [-0.2, -0.15) is 4.98 Å². The highest BCUT2D eigenvalue weighted by Gasteiger charge is 2.04. The molecule has 1 aromatic carbocycles. The third kappa shape index (κ3) is 2.90. The SMILES string of the molecule is CNc1nc(CSc2cccc(Cl)c2)no1. The van der Waals surface area contributed by atoms with Crippen molar-refractivity contribution in [3.63, 3.8) is 0 Å². The fourth-order valence-electron chi connectivity index (χ4n) is 1.12. The minimum atomic E-state index is 0.432. The van der Waals surface area contributed by atoms with Gasteiger partial charge in [-0.15, -0.1) is 11.8 Å². The molecule has 0 saturated carbocycles. The Kier molecular flexibility index (Phi) is 3.69. The number of benzene rings is 1. The molecule has 0 unspecified atom stereocenters. The van der Waals surface area contributed by atoms with Gasteiger partial charge in [-0.25, -0.2) is 0 Å². The van der Waals surface area contributed by atoms with Crippen LogP contribution in [0.15, 0.2) is 33.7 Å². The number of hydrogen-bond donors (Lipinski definition) is 1. The molecule has 0 bridgehead atoms. The lowest BCUT2D eigenvalue weighted by Gasteiger charge is -1.98. The molecule has 0 spiro atoms. The van der Waals surface area contributed by atoms with Gasteiger partial charge in [0, 0.05) is 17.0 Å². The minimum absolute atomic E-state index is 0.432. The molecule has 84 valence electrons. The molecule has 1 N–H and O–H groups in total. The van der Waals surface area contributed by atoms with E-state index in [9.17, 15) is 0 Å². The second-order valence-electron chi connectivity index (χ2n) is 3.01. The number of thioether (sulfide) groups is 1. The summed E-state index contributed by atoms with van der Waals surface area (Å²) in [6.45, 7) is 0. The standard InChI is InChI=1S/C10H10ClN3OS/c1-12-10-13-9(14-15-10)6-16-8-4-2-3-7(11)5-8/h2-5H,6H2,1H3,(H,12,13,14). The second kappa shape index (κ2) is 5.23. The molecule has 16 heavy (non-hydrogen) atoms. The highest BCUT2D eigenvalue weighted by Crippen LogP contribution is 2.24. The smallest absolute Gasteiger partial charge is 0.321 e. The van der Waals surface area contributed by atoms with Gasteiger partial charge < -0.3 is 9.84 Å². The van der Waals surface area contributed by atoms with Crippen LogP contribution < -0.4 is 5.32 Å². The third-order valence-electron chi connectivity index (χ3n) is 1.85. The molecule has 2 aromatic rings. The van der Waals surface area contributed by atoms with Crippen LogP contribution in [0, 0.1) is 0 Å². The van der Waals surface area contributed by atoms with Gasteiger partial charge in [-0.05, 0) is 18.2 Å². The molecular weight excluding hydrogens is 246 g/mol. The number of aromatic nitrogens is 2. The summed E-state index contributed by atoms with van der Waals surface area (Å²) >= 11 is 7.49. The van der Waals surface area contributed by atoms with E-state index < -0.39 is 0 Å². The molecule has 2 rings (SSSR count). The van der Waals surface area contributed by atoms with Crippen LogP contribution in [0.5, 0.6) is 0 Å². The van der Waals surface area contributed by atoms with Crippen LogP contribution in [0.25, 0.3) is 0 Å². The minimum Gasteiger partial charge on any atom is -0.341 e. The fraction of sp³-hybridized carbons (Fsp3) is 0.200. The van der Waals surface area contributed by atoms with Crippen molar-refractivity contribution in [1.82, 2.24) is 10.1 Å². The number of anilines is 1. The highest BCUT2D eigenvalue weighted by atomic mass is 35.5. The van der Waals surface area contributed by atoms with Crippen LogP contribution in [-0.2, 0) is 5.75 Å². The van der Waals surface area contributed by atoms with E-state index in [1.807, 2.05) is 24.3 Å². The summed E-state index contributed by atoms with van der Waals surface area (Å²) in [7, 11) is 1.74. The molecule has 0 fully saturated rings. The van der Waals surface area contributed by atoms with Crippen molar-refractivity contribution >= 4 is 29.4 Å². The maximum Gasteiger partial charge on any atom is 0.321 e. The van der Waals surface area contributed by atoms with Crippen molar-refractivity contribution < 1.29 is 4.52 Å². The molecule has 0 saturated heterocycles. The van der Waals surface area contributed by atoms with Crippen molar-refractivity contribution in [2.75, 3.05) is 12.4 Å². The summed E-state index contributed by atoms with van der Waals surface area (Å²) in [6, 6.07) is 8.10. The molecule has 0 aliphatic rings. The third-order valence-corrected chi connectivity index (χ3v) is 3.07. The number of hydrogen-bond acceptors (Lipinski definition) is 5. The second-order valence-corrected chi connectivity index (χ2v) is 4.50. The van der Waals surface area contributed by atoms with Gasteiger partial charge in [0.2, 0.25) is 0 Å². The van der Waals surface area contributed by atoms with Gasteiger partial charge in [-0.1, -0.05) is 22.8 Å². The van der Waals surface area contributed by atoms with Crippen LogP contribution in [-0.4, -0.2) is 17.2 Å². The lowest BCUT2D eigenvalue weighted by molar-refractivity contribution is 0.427. The van der Waals surface area contributed by atoms with E-state index in [-0.39, 0.29) is 0 Å². The first-order valence-corrected chi connectivity index (χ1v) is 6.03. The predicted octanol–water partition coefficient (Wildman–Crippen LogP) is 3.06. The maximum atomic E-state index is 5.88. The van der Waals surface area contributed by atoms with E-state index in [2.05, 4.69) is 15.5 Å². The Bertz CT molecular complexity index is 475. The monoisotopic (exact) mass is 255 g/mol. The Morgan fingerprint density at radius 2 is 2.38 bits per heavy atom.